The van der Waals surface area contributed by atoms with E-state index in [1.54, 1.807) is 11.0 Å². The Morgan fingerprint density at radius 2 is 1.97 bits per heavy atom. The molecule has 0 radical (unpaired) electrons. The molecule has 2 heterocycles. The van der Waals surface area contributed by atoms with Crippen LogP contribution >= 0.6 is 23.7 Å². The van der Waals surface area contributed by atoms with Crippen molar-refractivity contribution in [1.82, 2.24) is 9.88 Å². The van der Waals surface area contributed by atoms with Crippen LogP contribution in [0.1, 0.15) is 0 Å². The minimum atomic E-state index is -0.314. The third kappa shape index (κ3) is 5.66. The van der Waals surface area contributed by atoms with Gasteiger partial charge < -0.3 is 9.47 Å². The highest BCUT2D eigenvalue weighted by molar-refractivity contribution is 7.22. The largest absolute Gasteiger partial charge is 0.484 e. The number of aromatic nitrogens is 1. The molecule has 1 aliphatic rings. The van der Waals surface area contributed by atoms with Crippen molar-refractivity contribution >= 4 is 45.0 Å². The molecule has 0 N–H and O–H groups in total. The average molecular weight is 452 g/mol. The Bertz CT molecular complexity index is 967. The van der Waals surface area contributed by atoms with Crippen molar-refractivity contribution in [3.8, 4) is 5.75 Å². The molecule has 1 aliphatic heterocycles. The summed E-state index contributed by atoms with van der Waals surface area (Å²) >= 11 is 1.31. The lowest BCUT2D eigenvalue weighted by molar-refractivity contribution is -0.120. The van der Waals surface area contributed by atoms with Crippen LogP contribution in [0.2, 0.25) is 0 Å². The summed E-state index contributed by atoms with van der Waals surface area (Å²) < 4.78 is 25.3. The van der Waals surface area contributed by atoms with Gasteiger partial charge in [-0.2, -0.15) is 0 Å². The van der Waals surface area contributed by atoms with Gasteiger partial charge in [0.05, 0.1) is 23.4 Å². The smallest absolute Gasteiger partial charge is 0.266 e. The molecule has 1 amide bonds. The maximum atomic E-state index is 13.6. The molecule has 4 rings (SSSR count). The van der Waals surface area contributed by atoms with Crippen LogP contribution in [0.5, 0.6) is 5.75 Å². The second kappa shape index (κ2) is 10.7. The number of amides is 1. The van der Waals surface area contributed by atoms with Crippen LogP contribution in [0.15, 0.2) is 48.5 Å². The number of hydrogen-bond acceptors (Lipinski definition) is 6. The Labute approximate surface area is 184 Å². The zero-order valence-corrected chi connectivity index (χ0v) is 18.0. The standard InChI is InChI=1S/C21H22FN3O3S.ClH/c22-16-6-7-18-19(14-16)29-21(23-18)25(9-8-24-10-12-27-13-11-24)20(26)15-28-17-4-2-1-3-5-17;/h1-7,14H,8-13,15H2;1H. The summed E-state index contributed by atoms with van der Waals surface area (Å²) in [5.74, 6) is 0.147. The van der Waals surface area contributed by atoms with Crippen molar-refractivity contribution in [1.29, 1.82) is 0 Å². The Kier molecular flexibility index (Phi) is 7.98. The number of carbonyl (C=O) groups is 1. The number of anilines is 1. The fourth-order valence-electron chi connectivity index (χ4n) is 3.13. The number of rotatable bonds is 7. The van der Waals surface area contributed by atoms with Gasteiger partial charge in [-0.25, -0.2) is 9.37 Å². The van der Waals surface area contributed by atoms with E-state index in [4.69, 9.17) is 9.47 Å². The van der Waals surface area contributed by atoms with Crippen molar-refractivity contribution in [3.63, 3.8) is 0 Å². The molecule has 1 fully saturated rings. The van der Waals surface area contributed by atoms with Crippen molar-refractivity contribution in [2.24, 2.45) is 0 Å². The van der Waals surface area contributed by atoms with Crippen molar-refractivity contribution in [2.45, 2.75) is 0 Å². The minimum Gasteiger partial charge on any atom is -0.484 e. The third-order valence-electron chi connectivity index (χ3n) is 4.72. The summed E-state index contributed by atoms with van der Waals surface area (Å²) in [6, 6.07) is 13.7. The highest BCUT2D eigenvalue weighted by Gasteiger charge is 2.22. The van der Waals surface area contributed by atoms with E-state index in [9.17, 15) is 9.18 Å². The Morgan fingerprint density at radius 1 is 1.20 bits per heavy atom. The SMILES string of the molecule is Cl.O=C(COc1ccccc1)N(CCN1CCOCC1)c1nc2ccc(F)cc2s1. The number of hydrogen-bond donors (Lipinski definition) is 0. The van der Waals surface area contributed by atoms with Gasteiger partial charge in [-0.3, -0.25) is 14.6 Å². The number of thiazole rings is 1. The number of halogens is 2. The van der Waals surface area contributed by atoms with Crippen LogP contribution in [0, 0.1) is 5.82 Å². The number of carbonyl (C=O) groups excluding carboxylic acids is 1. The molecular weight excluding hydrogens is 429 g/mol. The van der Waals surface area contributed by atoms with E-state index < -0.39 is 0 Å². The molecule has 0 atom stereocenters. The molecule has 0 bridgehead atoms. The van der Waals surface area contributed by atoms with Gasteiger partial charge >= 0.3 is 0 Å². The first-order valence-corrected chi connectivity index (χ1v) is 10.3. The van der Waals surface area contributed by atoms with Gasteiger partial charge in [0.2, 0.25) is 0 Å². The van der Waals surface area contributed by atoms with Gasteiger partial charge in [0, 0.05) is 26.2 Å². The molecule has 0 spiro atoms. The van der Waals surface area contributed by atoms with Crippen molar-refractivity contribution in [3.05, 3.63) is 54.3 Å². The Hall–Kier alpha value is -2.26. The van der Waals surface area contributed by atoms with E-state index in [0.29, 0.717) is 47.4 Å². The fraction of sp³-hybridized carbons (Fsp3) is 0.333. The van der Waals surface area contributed by atoms with Crippen LogP contribution in [0.3, 0.4) is 0 Å². The number of morpholine rings is 1. The molecule has 1 aromatic heterocycles. The van der Waals surface area contributed by atoms with Crippen LogP contribution in [0.4, 0.5) is 9.52 Å². The second-order valence-corrected chi connectivity index (χ2v) is 7.72. The predicted molar refractivity (Wildman–Crippen MR) is 118 cm³/mol. The first-order valence-electron chi connectivity index (χ1n) is 9.53. The van der Waals surface area contributed by atoms with E-state index in [1.165, 1.54) is 23.5 Å². The van der Waals surface area contributed by atoms with E-state index >= 15 is 0 Å². The zero-order chi connectivity index (χ0) is 20.1. The monoisotopic (exact) mass is 451 g/mol. The number of benzene rings is 2. The molecule has 1 saturated heterocycles. The lowest BCUT2D eigenvalue weighted by atomic mass is 10.3. The summed E-state index contributed by atoms with van der Waals surface area (Å²) in [5.41, 5.74) is 0.680. The fourth-order valence-corrected chi connectivity index (χ4v) is 4.17. The Balaban J connectivity index is 0.00000256. The quantitative estimate of drug-likeness (QED) is 0.549. The lowest BCUT2D eigenvalue weighted by Crippen LogP contribution is -2.44. The first-order chi connectivity index (χ1) is 14.2. The van der Waals surface area contributed by atoms with E-state index in [1.807, 2.05) is 30.3 Å². The number of nitrogens with zero attached hydrogens (tertiary/aromatic N) is 3. The molecule has 30 heavy (non-hydrogen) atoms. The van der Waals surface area contributed by atoms with Gasteiger partial charge in [0.25, 0.3) is 5.91 Å². The average Bonchev–Trinajstić information content (AvgIpc) is 3.16. The molecule has 0 unspecified atom stereocenters. The summed E-state index contributed by atoms with van der Waals surface area (Å²) in [4.78, 5) is 21.4. The van der Waals surface area contributed by atoms with Gasteiger partial charge in [0.1, 0.15) is 11.6 Å². The summed E-state index contributed by atoms with van der Waals surface area (Å²) in [7, 11) is 0. The van der Waals surface area contributed by atoms with Gasteiger partial charge in [-0.1, -0.05) is 29.5 Å². The molecule has 2 aromatic carbocycles. The van der Waals surface area contributed by atoms with Gasteiger partial charge in [-0.05, 0) is 30.3 Å². The number of ether oxygens (including phenoxy) is 2. The molecule has 3 aromatic rings. The molecule has 0 saturated carbocycles. The lowest BCUT2D eigenvalue weighted by Gasteiger charge is -2.29. The molecular formula is C21H23ClFN3O3S. The normalized spacial score (nSPS) is 14.3. The predicted octanol–water partition coefficient (Wildman–Crippen LogP) is 3.60. The van der Waals surface area contributed by atoms with E-state index in [0.717, 1.165) is 13.1 Å². The van der Waals surface area contributed by atoms with Crippen LogP contribution < -0.4 is 9.64 Å². The molecule has 9 heteroatoms. The highest BCUT2D eigenvalue weighted by atomic mass is 35.5. The van der Waals surface area contributed by atoms with Crippen molar-refractivity contribution in [2.75, 3.05) is 50.9 Å². The third-order valence-corrected chi connectivity index (χ3v) is 5.76. The number of fused-ring (bicyclic) bond motifs is 1. The van der Waals surface area contributed by atoms with E-state index in [2.05, 4.69) is 9.88 Å². The van der Waals surface area contributed by atoms with Crippen LogP contribution in [-0.2, 0) is 9.53 Å². The highest BCUT2D eigenvalue weighted by Crippen LogP contribution is 2.29. The maximum absolute atomic E-state index is 13.6. The Morgan fingerprint density at radius 3 is 2.73 bits per heavy atom. The van der Waals surface area contributed by atoms with Gasteiger partial charge in [0.15, 0.2) is 11.7 Å². The number of para-hydroxylation sites is 1. The zero-order valence-electron chi connectivity index (χ0n) is 16.3. The maximum Gasteiger partial charge on any atom is 0.266 e. The molecule has 0 aliphatic carbocycles. The molecule has 160 valence electrons. The summed E-state index contributed by atoms with van der Waals surface area (Å²) in [5, 5.41) is 0.556. The van der Waals surface area contributed by atoms with Crippen LogP contribution in [-0.4, -0.2) is 61.8 Å². The van der Waals surface area contributed by atoms with Gasteiger partial charge in [-0.15, -0.1) is 12.4 Å². The first kappa shape index (κ1) is 22.4. The van der Waals surface area contributed by atoms with E-state index in [-0.39, 0.29) is 30.7 Å². The summed E-state index contributed by atoms with van der Waals surface area (Å²) in [6.07, 6.45) is 0. The second-order valence-electron chi connectivity index (χ2n) is 6.71. The molecule has 6 nitrogen and oxygen atoms in total. The topological polar surface area (TPSA) is 54.9 Å². The minimum absolute atomic E-state index is 0. The summed E-state index contributed by atoms with van der Waals surface area (Å²) in [6.45, 7) is 4.19. The van der Waals surface area contributed by atoms with Crippen molar-refractivity contribution < 1.29 is 18.7 Å². The van der Waals surface area contributed by atoms with Crippen LogP contribution in [0.25, 0.3) is 10.2 Å².